The lowest BCUT2D eigenvalue weighted by atomic mass is 10.1. The van der Waals surface area contributed by atoms with E-state index in [1.54, 1.807) is 0 Å². The zero-order valence-corrected chi connectivity index (χ0v) is 12.8. The summed E-state index contributed by atoms with van der Waals surface area (Å²) in [5.41, 5.74) is 2.24. The molecule has 0 aromatic heterocycles. The summed E-state index contributed by atoms with van der Waals surface area (Å²) in [6.45, 7) is 4.19. The maximum absolute atomic E-state index is 12.9. The van der Waals surface area contributed by atoms with Crippen molar-refractivity contribution in [3.05, 3.63) is 35.4 Å². The molecule has 1 aromatic rings. The molecule has 4 heteroatoms. The van der Waals surface area contributed by atoms with Crippen LogP contribution in [0.1, 0.15) is 36.6 Å². The molecule has 4 nitrogen and oxygen atoms in total. The van der Waals surface area contributed by atoms with Crippen LogP contribution < -0.4 is 5.32 Å². The van der Waals surface area contributed by atoms with E-state index >= 15 is 0 Å². The third-order valence-electron chi connectivity index (χ3n) is 5.20. The Labute approximate surface area is 126 Å². The number of nitrogens with one attached hydrogen (secondary N) is 1. The summed E-state index contributed by atoms with van der Waals surface area (Å²) in [6, 6.07) is 8.90. The van der Waals surface area contributed by atoms with Gasteiger partial charge in [0.1, 0.15) is 11.7 Å². The predicted octanol–water partition coefficient (Wildman–Crippen LogP) is 1.66. The molecule has 1 amide bonds. The van der Waals surface area contributed by atoms with E-state index in [4.69, 9.17) is 0 Å². The Kier molecular flexibility index (Phi) is 2.88. The van der Waals surface area contributed by atoms with Crippen LogP contribution in [-0.2, 0) is 4.79 Å². The van der Waals surface area contributed by atoms with Gasteiger partial charge in [-0.15, -0.1) is 0 Å². The molecule has 21 heavy (non-hydrogen) atoms. The van der Waals surface area contributed by atoms with Crippen LogP contribution in [0, 0.1) is 6.92 Å². The van der Waals surface area contributed by atoms with E-state index in [1.165, 1.54) is 11.1 Å². The van der Waals surface area contributed by atoms with Crippen molar-refractivity contribution in [1.82, 2.24) is 15.1 Å². The summed E-state index contributed by atoms with van der Waals surface area (Å²) in [7, 11) is 2.14. The summed E-state index contributed by atoms with van der Waals surface area (Å²) in [4.78, 5) is 17.4. The third kappa shape index (κ3) is 2.09. The summed E-state index contributed by atoms with van der Waals surface area (Å²) >= 11 is 0. The van der Waals surface area contributed by atoms with Gasteiger partial charge in [0.2, 0.25) is 5.91 Å². The van der Waals surface area contributed by atoms with Crippen molar-refractivity contribution in [2.75, 3.05) is 20.1 Å². The molecule has 3 fully saturated rings. The fourth-order valence-electron chi connectivity index (χ4n) is 3.84. The summed E-state index contributed by atoms with van der Waals surface area (Å²) in [5, 5.41) is 3.63. The van der Waals surface area contributed by atoms with Crippen molar-refractivity contribution in [2.45, 2.75) is 43.9 Å². The second-order valence-corrected chi connectivity index (χ2v) is 6.96. The van der Waals surface area contributed by atoms with Crippen LogP contribution in [0.3, 0.4) is 0 Å². The van der Waals surface area contributed by atoms with E-state index in [0.717, 1.165) is 32.4 Å². The van der Waals surface area contributed by atoms with Crippen LogP contribution in [0.2, 0.25) is 0 Å². The van der Waals surface area contributed by atoms with Crippen molar-refractivity contribution in [2.24, 2.45) is 0 Å². The third-order valence-corrected chi connectivity index (χ3v) is 5.20. The monoisotopic (exact) mass is 285 g/mol. The molecule has 1 N–H and O–H groups in total. The largest absolute Gasteiger partial charge is 0.317 e. The molecule has 3 aliphatic rings. The molecule has 2 saturated heterocycles. The van der Waals surface area contributed by atoms with Gasteiger partial charge < -0.3 is 9.80 Å². The fourth-order valence-corrected chi connectivity index (χ4v) is 3.84. The number of aryl methyl sites for hydroxylation is 1. The van der Waals surface area contributed by atoms with Crippen molar-refractivity contribution in [3.8, 4) is 0 Å². The van der Waals surface area contributed by atoms with Gasteiger partial charge in [-0.3, -0.25) is 10.1 Å². The van der Waals surface area contributed by atoms with Gasteiger partial charge >= 0.3 is 0 Å². The normalized spacial score (nSPS) is 31.3. The number of nitrogens with zero attached hydrogens (tertiary/aromatic N) is 2. The molecular weight excluding hydrogens is 262 g/mol. The lowest BCUT2D eigenvalue weighted by Gasteiger charge is -2.30. The first kappa shape index (κ1) is 13.3. The van der Waals surface area contributed by atoms with Crippen molar-refractivity contribution >= 4 is 5.91 Å². The van der Waals surface area contributed by atoms with E-state index in [-0.39, 0.29) is 11.7 Å². The molecule has 1 aliphatic carbocycles. The highest BCUT2D eigenvalue weighted by Gasteiger charge is 2.60. The summed E-state index contributed by atoms with van der Waals surface area (Å²) in [6.07, 6.45) is 3.12. The Hall–Kier alpha value is -1.39. The van der Waals surface area contributed by atoms with Crippen molar-refractivity contribution in [3.63, 3.8) is 0 Å². The fraction of sp³-hybridized carbons (Fsp3) is 0.588. The first-order valence-electron chi connectivity index (χ1n) is 7.95. The maximum Gasteiger partial charge on any atom is 0.244 e. The smallest absolute Gasteiger partial charge is 0.244 e. The molecular formula is C17H23N3O. The Morgan fingerprint density at radius 2 is 2.14 bits per heavy atom. The van der Waals surface area contributed by atoms with E-state index < -0.39 is 0 Å². The zero-order chi connectivity index (χ0) is 14.6. The highest BCUT2D eigenvalue weighted by Crippen LogP contribution is 2.47. The number of hydrogen-bond acceptors (Lipinski definition) is 3. The van der Waals surface area contributed by atoms with Crippen molar-refractivity contribution in [1.29, 1.82) is 0 Å². The van der Waals surface area contributed by atoms with Crippen LogP contribution >= 0.6 is 0 Å². The van der Waals surface area contributed by atoms with Crippen LogP contribution in [0.5, 0.6) is 0 Å². The second kappa shape index (κ2) is 4.55. The van der Waals surface area contributed by atoms with E-state index in [0.29, 0.717) is 11.9 Å². The molecule has 4 rings (SSSR count). The minimum Gasteiger partial charge on any atom is -0.317 e. The van der Waals surface area contributed by atoms with Gasteiger partial charge in [0.25, 0.3) is 0 Å². The number of hydrogen-bond donors (Lipinski definition) is 1. The average Bonchev–Trinajstić information content (AvgIpc) is 3.03. The first-order valence-corrected chi connectivity index (χ1v) is 7.95. The second-order valence-electron chi connectivity index (χ2n) is 6.96. The van der Waals surface area contributed by atoms with Gasteiger partial charge in [-0.05, 0) is 45.3 Å². The molecule has 2 unspecified atom stereocenters. The number of rotatable bonds is 2. The van der Waals surface area contributed by atoms with E-state index in [9.17, 15) is 4.79 Å². The van der Waals surface area contributed by atoms with Gasteiger partial charge in [-0.25, -0.2) is 0 Å². The molecule has 1 spiro atoms. The minimum atomic E-state index is -0.241. The average molecular weight is 285 g/mol. The van der Waals surface area contributed by atoms with Gasteiger partial charge in [-0.1, -0.05) is 29.8 Å². The number of likely N-dealkylation sites (tertiary alicyclic amines) is 1. The van der Waals surface area contributed by atoms with Crippen LogP contribution in [0.15, 0.2) is 24.3 Å². The summed E-state index contributed by atoms with van der Waals surface area (Å²) < 4.78 is 0. The van der Waals surface area contributed by atoms with Gasteiger partial charge in [0.15, 0.2) is 0 Å². The number of carbonyl (C=O) groups is 1. The number of carbonyl (C=O) groups excluding carboxylic acids is 1. The van der Waals surface area contributed by atoms with Gasteiger partial charge in [0, 0.05) is 12.6 Å². The Morgan fingerprint density at radius 1 is 1.33 bits per heavy atom. The molecule has 0 radical (unpaired) electrons. The topological polar surface area (TPSA) is 35.6 Å². The number of amides is 1. The summed E-state index contributed by atoms with van der Waals surface area (Å²) in [5.74, 6) is 0.328. The van der Waals surface area contributed by atoms with E-state index in [1.807, 2.05) is 0 Å². The lowest BCUT2D eigenvalue weighted by molar-refractivity contribution is -0.132. The van der Waals surface area contributed by atoms with Crippen LogP contribution in [-0.4, -0.2) is 47.4 Å². The lowest BCUT2D eigenvalue weighted by Crippen LogP contribution is -2.41. The quantitative estimate of drug-likeness (QED) is 0.898. The zero-order valence-electron chi connectivity index (χ0n) is 12.8. The molecule has 1 saturated carbocycles. The van der Waals surface area contributed by atoms with E-state index in [2.05, 4.69) is 53.4 Å². The van der Waals surface area contributed by atoms with Gasteiger partial charge in [-0.2, -0.15) is 0 Å². The molecule has 112 valence electrons. The standard InChI is InChI=1S/C17H23N3O/c1-12-4-3-5-13(10-12)15-18-17(7-8-17)16(21)20(15)14-6-9-19(2)11-14/h3-5,10,14-15,18H,6-9,11H2,1-2H3. The Morgan fingerprint density at radius 3 is 2.76 bits per heavy atom. The van der Waals surface area contributed by atoms with Gasteiger partial charge in [0.05, 0.1) is 0 Å². The SMILES string of the molecule is Cc1cccc(C2NC3(CC3)C(=O)N2C2CCN(C)C2)c1. The highest BCUT2D eigenvalue weighted by molar-refractivity contribution is 5.92. The number of likely N-dealkylation sites (N-methyl/N-ethyl adjacent to an activating group) is 1. The molecule has 2 heterocycles. The Bertz CT molecular complexity index is 581. The molecule has 1 aromatic carbocycles. The molecule has 2 atom stereocenters. The highest BCUT2D eigenvalue weighted by atomic mass is 16.2. The molecule has 2 aliphatic heterocycles. The van der Waals surface area contributed by atoms with Crippen molar-refractivity contribution < 1.29 is 4.79 Å². The van der Waals surface area contributed by atoms with Crippen LogP contribution in [0.25, 0.3) is 0 Å². The number of benzene rings is 1. The molecule has 0 bridgehead atoms. The minimum absolute atomic E-state index is 0.0522. The van der Waals surface area contributed by atoms with Crippen LogP contribution in [0.4, 0.5) is 0 Å². The maximum atomic E-state index is 12.9. The Balaban J connectivity index is 1.68. The predicted molar refractivity (Wildman–Crippen MR) is 81.8 cm³/mol. The first-order chi connectivity index (χ1) is 10.1.